The van der Waals surface area contributed by atoms with Gasteiger partial charge in [0, 0.05) is 16.6 Å². The zero-order chi connectivity index (χ0) is 8.55. The molecule has 0 N–H and O–H groups in total. The first-order chi connectivity index (χ1) is 5.77. The quantitative estimate of drug-likeness (QED) is 0.609. The second-order valence-corrected chi connectivity index (χ2v) is 2.89. The smallest absolute Gasteiger partial charge is 0.134 e. The molecule has 0 aliphatic carbocycles. The summed E-state index contributed by atoms with van der Waals surface area (Å²) in [5, 5.41) is 0.876. The lowest BCUT2D eigenvalue weighted by molar-refractivity contribution is 0.639. The van der Waals surface area contributed by atoms with Crippen molar-refractivity contribution in [3.05, 3.63) is 41.3 Å². The number of fused-ring (bicyclic) bond motifs is 1. The van der Waals surface area contributed by atoms with E-state index >= 15 is 0 Å². The molecule has 0 aliphatic rings. The average Bonchev–Trinajstić information content (AvgIpc) is 2.04. The van der Waals surface area contributed by atoms with Gasteiger partial charge in [-0.05, 0) is 24.3 Å². The van der Waals surface area contributed by atoms with Gasteiger partial charge >= 0.3 is 0 Å². The lowest BCUT2D eigenvalue weighted by Crippen LogP contribution is -1.82. The Labute approximate surface area is 73.8 Å². The molecular weight excluding hydrogens is 177 g/mol. The SMILES string of the molecule is Fc1cc(Cl)cc2ncccc12. The van der Waals surface area contributed by atoms with Crippen LogP contribution in [0.3, 0.4) is 0 Å². The summed E-state index contributed by atoms with van der Waals surface area (Å²) in [5.74, 6) is -0.328. The molecular formula is C9H5ClFN. The Morgan fingerprint density at radius 3 is 3.00 bits per heavy atom. The van der Waals surface area contributed by atoms with Crippen LogP contribution >= 0.6 is 11.6 Å². The van der Waals surface area contributed by atoms with Crippen LogP contribution in [0, 0.1) is 5.82 Å². The van der Waals surface area contributed by atoms with Gasteiger partial charge in [-0.25, -0.2) is 4.39 Å². The van der Waals surface area contributed by atoms with Crippen LogP contribution in [0.1, 0.15) is 0 Å². The van der Waals surface area contributed by atoms with Gasteiger partial charge in [-0.15, -0.1) is 0 Å². The van der Waals surface area contributed by atoms with Crippen molar-refractivity contribution in [1.82, 2.24) is 4.98 Å². The third-order valence-corrected chi connectivity index (χ3v) is 1.85. The monoisotopic (exact) mass is 181 g/mol. The van der Waals surface area contributed by atoms with Crippen LogP contribution in [0.5, 0.6) is 0 Å². The summed E-state index contributed by atoms with van der Waals surface area (Å²) < 4.78 is 13.1. The Morgan fingerprint density at radius 2 is 2.17 bits per heavy atom. The van der Waals surface area contributed by atoms with Crippen LogP contribution in [0.15, 0.2) is 30.5 Å². The van der Waals surface area contributed by atoms with Gasteiger partial charge < -0.3 is 0 Å². The number of halogens is 2. The minimum absolute atomic E-state index is 0.328. The summed E-state index contributed by atoms with van der Waals surface area (Å²) >= 11 is 5.64. The van der Waals surface area contributed by atoms with Crippen LogP contribution in [0.4, 0.5) is 4.39 Å². The van der Waals surface area contributed by atoms with Gasteiger partial charge in [-0.2, -0.15) is 0 Å². The third-order valence-electron chi connectivity index (χ3n) is 1.64. The number of benzene rings is 1. The van der Waals surface area contributed by atoms with Gasteiger partial charge in [0.1, 0.15) is 5.82 Å². The normalized spacial score (nSPS) is 10.5. The molecule has 0 atom stereocenters. The Morgan fingerprint density at radius 1 is 1.33 bits per heavy atom. The Balaban J connectivity index is 2.89. The molecule has 0 aliphatic heterocycles. The first kappa shape index (κ1) is 7.50. The molecule has 60 valence electrons. The van der Waals surface area contributed by atoms with Crippen molar-refractivity contribution in [2.45, 2.75) is 0 Å². The van der Waals surface area contributed by atoms with E-state index in [4.69, 9.17) is 11.6 Å². The van der Waals surface area contributed by atoms with Crippen molar-refractivity contribution in [3.8, 4) is 0 Å². The number of hydrogen-bond acceptors (Lipinski definition) is 1. The van der Waals surface area contributed by atoms with Gasteiger partial charge in [0.2, 0.25) is 0 Å². The molecule has 1 aromatic heterocycles. The van der Waals surface area contributed by atoms with Gasteiger partial charge in [0.05, 0.1) is 5.52 Å². The highest BCUT2D eigenvalue weighted by atomic mass is 35.5. The van der Waals surface area contributed by atoms with Crippen molar-refractivity contribution < 1.29 is 4.39 Å². The average molecular weight is 182 g/mol. The van der Waals surface area contributed by atoms with Gasteiger partial charge in [0.15, 0.2) is 0 Å². The van der Waals surface area contributed by atoms with E-state index in [-0.39, 0.29) is 5.82 Å². The molecule has 1 aromatic carbocycles. The molecule has 3 heteroatoms. The zero-order valence-corrected chi connectivity index (χ0v) is 6.85. The fraction of sp³-hybridized carbons (Fsp3) is 0. The van der Waals surface area contributed by atoms with Crippen LogP contribution in [-0.2, 0) is 0 Å². The van der Waals surface area contributed by atoms with E-state index in [1.165, 1.54) is 6.07 Å². The van der Waals surface area contributed by atoms with E-state index in [1.54, 1.807) is 24.4 Å². The molecule has 0 bridgehead atoms. The first-order valence-corrected chi connectivity index (χ1v) is 3.85. The molecule has 0 saturated heterocycles. The highest BCUT2D eigenvalue weighted by Crippen LogP contribution is 2.20. The summed E-state index contributed by atoms with van der Waals surface area (Å²) in [6, 6.07) is 6.29. The largest absolute Gasteiger partial charge is 0.256 e. The van der Waals surface area contributed by atoms with E-state index in [1.807, 2.05) is 0 Å². The second kappa shape index (κ2) is 2.72. The minimum atomic E-state index is -0.328. The maximum Gasteiger partial charge on any atom is 0.134 e. The third kappa shape index (κ3) is 1.14. The fourth-order valence-corrected chi connectivity index (χ4v) is 1.30. The lowest BCUT2D eigenvalue weighted by Gasteiger charge is -1.97. The summed E-state index contributed by atoms with van der Waals surface area (Å²) in [7, 11) is 0. The number of nitrogens with zero attached hydrogens (tertiary/aromatic N) is 1. The summed E-state index contributed by atoms with van der Waals surface area (Å²) in [5.41, 5.74) is 0.586. The van der Waals surface area contributed by atoms with Crippen LogP contribution < -0.4 is 0 Å². The van der Waals surface area contributed by atoms with Crippen molar-refractivity contribution in [1.29, 1.82) is 0 Å². The highest BCUT2D eigenvalue weighted by Gasteiger charge is 2.01. The number of hydrogen-bond donors (Lipinski definition) is 0. The molecule has 12 heavy (non-hydrogen) atoms. The van der Waals surface area contributed by atoms with E-state index < -0.39 is 0 Å². The van der Waals surface area contributed by atoms with Crippen LogP contribution in [0.25, 0.3) is 10.9 Å². The van der Waals surface area contributed by atoms with E-state index in [2.05, 4.69) is 4.98 Å². The molecule has 0 unspecified atom stereocenters. The first-order valence-electron chi connectivity index (χ1n) is 3.47. The van der Waals surface area contributed by atoms with Gasteiger partial charge in [-0.3, -0.25) is 4.98 Å². The van der Waals surface area contributed by atoms with Gasteiger partial charge in [0.25, 0.3) is 0 Å². The van der Waals surface area contributed by atoms with Crippen molar-refractivity contribution in [2.24, 2.45) is 0 Å². The molecule has 0 saturated carbocycles. The molecule has 0 fully saturated rings. The van der Waals surface area contributed by atoms with Crippen molar-refractivity contribution in [3.63, 3.8) is 0 Å². The standard InChI is InChI=1S/C9H5ClFN/c10-6-4-8(11)7-2-1-3-12-9(7)5-6/h1-5H. The summed E-state index contributed by atoms with van der Waals surface area (Å²) in [6.07, 6.45) is 1.61. The molecule has 1 heterocycles. The predicted molar refractivity (Wildman–Crippen MR) is 46.7 cm³/mol. The Kier molecular flexibility index (Phi) is 1.70. The summed E-state index contributed by atoms with van der Waals surface area (Å²) in [4.78, 5) is 3.98. The van der Waals surface area contributed by atoms with E-state index in [0.29, 0.717) is 15.9 Å². The molecule has 0 radical (unpaired) electrons. The fourth-order valence-electron chi connectivity index (χ4n) is 1.11. The summed E-state index contributed by atoms with van der Waals surface area (Å²) in [6.45, 7) is 0. The number of aromatic nitrogens is 1. The molecule has 1 nitrogen and oxygen atoms in total. The maximum atomic E-state index is 13.1. The van der Waals surface area contributed by atoms with Crippen LogP contribution in [-0.4, -0.2) is 4.98 Å². The second-order valence-electron chi connectivity index (χ2n) is 2.46. The van der Waals surface area contributed by atoms with Crippen molar-refractivity contribution in [2.75, 3.05) is 0 Å². The van der Waals surface area contributed by atoms with Gasteiger partial charge in [-0.1, -0.05) is 11.6 Å². The van der Waals surface area contributed by atoms with Crippen molar-refractivity contribution >= 4 is 22.5 Å². The molecule has 2 aromatic rings. The molecule has 2 rings (SSSR count). The number of rotatable bonds is 0. The Hall–Kier alpha value is -1.15. The zero-order valence-electron chi connectivity index (χ0n) is 6.09. The minimum Gasteiger partial charge on any atom is -0.256 e. The van der Waals surface area contributed by atoms with Crippen LogP contribution in [0.2, 0.25) is 5.02 Å². The highest BCUT2D eigenvalue weighted by molar-refractivity contribution is 6.31. The number of pyridine rings is 1. The van der Waals surface area contributed by atoms with E-state index in [0.717, 1.165) is 0 Å². The molecule has 0 amide bonds. The topological polar surface area (TPSA) is 12.9 Å². The Bertz CT molecular complexity index is 428. The van der Waals surface area contributed by atoms with E-state index in [9.17, 15) is 4.39 Å². The maximum absolute atomic E-state index is 13.1. The lowest BCUT2D eigenvalue weighted by atomic mass is 10.2. The molecule has 0 spiro atoms. The predicted octanol–water partition coefficient (Wildman–Crippen LogP) is 3.03.